The molecular weight excluding hydrogens is 195 g/mol. The second-order valence-electron chi connectivity index (χ2n) is 0.549. The molecule has 0 aromatic heterocycles. The summed E-state index contributed by atoms with van der Waals surface area (Å²) in [6, 6.07) is 0. The zero-order valence-corrected chi connectivity index (χ0v) is 6.41. The second kappa shape index (κ2) is 8.41. The summed E-state index contributed by atoms with van der Waals surface area (Å²) in [5, 5.41) is 0.194. The van der Waals surface area contributed by atoms with E-state index in [1.165, 1.54) is 0 Å². The first kappa shape index (κ1) is 16.2. The van der Waals surface area contributed by atoms with Gasteiger partial charge in [0, 0.05) is 0 Å². The summed E-state index contributed by atoms with van der Waals surface area (Å²) in [6.07, 6.45) is 0. The van der Waals surface area contributed by atoms with Gasteiger partial charge in [0.25, 0.3) is 0 Å². The third-order valence-electron chi connectivity index (χ3n) is 0. The molecule has 0 bridgehead atoms. The minimum atomic E-state index is -4.67. The number of alkyl halides is 2. The molecule has 0 aromatic carbocycles. The highest BCUT2D eigenvalue weighted by Gasteiger charge is 1.84. The van der Waals surface area contributed by atoms with Crippen molar-refractivity contribution in [1.29, 1.82) is 0 Å². The quantitative estimate of drug-likeness (QED) is 0.423. The fourth-order valence-corrected chi connectivity index (χ4v) is 0. The van der Waals surface area contributed by atoms with Crippen molar-refractivity contribution in [1.82, 2.24) is 0 Å². The van der Waals surface area contributed by atoms with Gasteiger partial charge in [-0.3, -0.25) is 9.11 Å². The van der Waals surface area contributed by atoms with Crippen LogP contribution in [0, 0.1) is 0 Å². The lowest BCUT2D eigenvalue weighted by Gasteiger charge is -1.68. The van der Waals surface area contributed by atoms with E-state index in [9.17, 15) is 0 Å². The van der Waals surface area contributed by atoms with Gasteiger partial charge in [-0.15, -0.1) is 23.2 Å². The van der Waals surface area contributed by atoms with Crippen molar-refractivity contribution in [3.63, 3.8) is 0 Å². The first-order valence-corrected chi connectivity index (χ1v) is 3.70. The molecule has 0 saturated heterocycles. The van der Waals surface area contributed by atoms with E-state index >= 15 is 0 Å². The molecule has 8 heteroatoms. The van der Waals surface area contributed by atoms with Crippen molar-refractivity contribution < 1.29 is 23.0 Å². The predicted molar refractivity (Wildman–Crippen MR) is 34.4 cm³/mol. The second-order valence-corrected chi connectivity index (χ2v) is 2.25. The molecular formula is CH6Cl2O5S. The molecule has 0 rings (SSSR count). The molecule has 0 radical (unpaired) electrons. The van der Waals surface area contributed by atoms with Crippen molar-refractivity contribution in [2.75, 3.05) is 5.34 Å². The number of hydrogen-bond acceptors (Lipinski definition) is 2. The minimum absolute atomic E-state index is 0. The van der Waals surface area contributed by atoms with Crippen LogP contribution >= 0.6 is 23.2 Å². The molecule has 0 aliphatic rings. The zero-order valence-electron chi connectivity index (χ0n) is 4.08. The molecule has 0 aromatic rings. The number of hydrogen-bond donors (Lipinski definition) is 2. The van der Waals surface area contributed by atoms with Crippen LogP contribution in [0.25, 0.3) is 0 Å². The Morgan fingerprint density at radius 2 is 1.22 bits per heavy atom. The Labute approximate surface area is 62.5 Å². The average Bonchev–Trinajstić information content (AvgIpc) is 1.27. The third-order valence-corrected chi connectivity index (χ3v) is 0. The van der Waals surface area contributed by atoms with Crippen LogP contribution in [0.5, 0.6) is 0 Å². The Morgan fingerprint density at radius 1 is 1.22 bits per heavy atom. The third kappa shape index (κ3) is 2060. The molecule has 0 unspecified atom stereocenters. The first-order chi connectivity index (χ1) is 3.41. The van der Waals surface area contributed by atoms with Crippen LogP contribution in [-0.4, -0.2) is 28.3 Å². The van der Waals surface area contributed by atoms with E-state index in [0.29, 0.717) is 0 Å². The van der Waals surface area contributed by atoms with E-state index in [0.717, 1.165) is 0 Å². The van der Waals surface area contributed by atoms with Crippen LogP contribution in [0.15, 0.2) is 0 Å². The SMILES string of the molecule is ClCCl.O.O=S(=O)(O)O. The molecule has 5 nitrogen and oxygen atoms in total. The van der Waals surface area contributed by atoms with Crippen molar-refractivity contribution in [2.24, 2.45) is 0 Å². The van der Waals surface area contributed by atoms with Crippen molar-refractivity contribution in [2.45, 2.75) is 0 Å². The lowest BCUT2D eigenvalue weighted by Crippen LogP contribution is -1.89. The molecule has 60 valence electrons. The Hall–Kier alpha value is 0.410. The Bertz CT molecular complexity index is 109. The average molecular weight is 201 g/mol. The van der Waals surface area contributed by atoms with Crippen LogP contribution in [0.2, 0.25) is 0 Å². The monoisotopic (exact) mass is 200 g/mol. The fourth-order valence-electron chi connectivity index (χ4n) is 0. The van der Waals surface area contributed by atoms with E-state index in [2.05, 4.69) is 0 Å². The highest BCUT2D eigenvalue weighted by Crippen LogP contribution is 1.73. The van der Waals surface area contributed by atoms with E-state index < -0.39 is 10.4 Å². The highest BCUT2D eigenvalue weighted by atomic mass is 35.5. The molecule has 0 fully saturated rings. The topological polar surface area (TPSA) is 106 Å². The fraction of sp³-hybridized carbons (Fsp3) is 1.00. The zero-order chi connectivity index (χ0) is 7.21. The maximum atomic E-state index is 8.74. The van der Waals surface area contributed by atoms with Crippen LogP contribution in [0.1, 0.15) is 0 Å². The molecule has 9 heavy (non-hydrogen) atoms. The lowest BCUT2D eigenvalue weighted by atomic mass is 11.9. The Kier molecular flexibility index (Phi) is 15.1. The summed E-state index contributed by atoms with van der Waals surface area (Å²) in [7, 11) is -4.67. The van der Waals surface area contributed by atoms with Gasteiger partial charge >= 0.3 is 10.4 Å². The van der Waals surface area contributed by atoms with E-state index in [-0.39, 0.29) is 10.8 Å². The Balaban J connectivity index is -0.0000000800. The van der Waals surface area contributed by atoms with Gasteiger partial charge in [-0.2, -0.15) is 8.42 Å². The molecule has 0 heterocycles. The van der Waals surface area contributed by atoms with E-state index in [1.807, 2.05) is 0 Å². The summed E-state index contributed by atoms with van der Waals surface area (Å²) in [5.74, 6) is 0. The maximum absolute atomic E-state index is 8.74. The van der Waals surface area contributed by atoms with Crippen LogP contribution in [-0.2, 0) is 10.4 Å². The van der Waals surface area contributed by atoms with Gasteiger partial charge in [0.1, 0.15) is 0 Å². The smallest absolute Gasteiger partial charge is 0.394 e. The summed E-state index contributed by atoms with van der Waals surface area (Å²) < 4.78 is 31.6. The van der Waals surface area contributed by atoms with Crippen molar-refractivity contribution in [3.05, 3.63) is 0 Å². The normalized spacial score (nSPS) is 8.44. The van der Waals surface area contributed by atoms with Gasteiger partial charge in [0.2, 0.25) is 0 Å². The van der Waals surface area contributed by atoms with Crippen molar-refractivity contribution >= 4 is 33.6 Å². The molecule has 4 N–H and O–H groups in total. The van der Waals surface area contributed by atoms with E-state index in [4.69, 9.17) is 40.7 Å². The van der Waals surface area contributed by atoms with Gasteiger partial charge in [-0.1, -0.05) is 0 Å². The van der Waals surface area contributed by atoms with Crippen LogP contribution in [0.3, 0.4) is 0 Å². The van der Waals surface area contributed by atoms with Gasteiger partial charge in [-0.25, -0.2) is 0 Å². The molecule has 0 atom stereocenters. The van der Waals surface area contributed by atoms with Gasteiger partial charge in [0.05, 0.1) is 5.34 Å². The largest absolute Gasteiger partial charge is 0.412 e. The minimum Gasteiger partial charge on any atom is -0.412 e. The molecule has 0 aliphatic heterocycles. The van der Waals surface area contributed by atoms with Gasteiger partial charge in [-0.05, 0) is 0 Å². The molecule has 0 amide bonds. The van der Waals surface area contributed by atoms with Crippen LogP contribution in [0.4, 0.5) is 0 Å². The Morgan fingerprint density at radius 3 is 1.22 bits per heavy atom. The van der Waals surface area contributed by atoms with Crippen LogP contribution < -0.4 is 0 Å². The molecule has 0 aliphatic carbocycles. The van der Waals surface area contributed by atoms with E-state index in [1.54, 1.807) is 0 Å². The maximum Gasteiger partial charge on any atom is 0.394 e. The standard InChI is InChI=1S/CH2Cl2.H2O4S.H2O/c2-1-3;1-5(2,3)4;/h1H2;(H2,1,2,3,4);1H2. The summed E-state index contributed by atoms with van der Waals surface area (Å²) >= 11 is 9.53. The number of halogens is 2. The molecule has 0 saturated carbocycles. The predicted octanol–water partition coefficient (Wildman–Crippen LogP) is -0.0560. The van der Waals surface area contributed by atoms with Gasteiger partial charge < -0.3 is 5.48 Å². The van der Waals surface area contributed by atoms with Gasteiger partial charge in [0.15, 0.2) is 0 Å². The lowest BCUT2D eigenvalue weighted by molar-refractivity contribution is 0.381. The summed E-state index contributed by atoms with van der Waals surface area (Å²) in [4.78, 5) is 0. The number of rotatable bonds is 0. The highest BCUT2D eigenvalue weighted by molar-refractivity contribution is 7.79. The van der Waals surface area contributed by atoms with Crippen molar-refractivity contribution in [3.8, 4) is 0 Å². The first-order valence-electron chi connectivity index (χ1n) is 1.23. The summed E-state index contributed by atoms with van der Waals surface area (Å²) in [6.45, 7) is 0. The summed E-state index contributed by atoms with van der Waals surface area (Å²) in [5.41, 5.74) is 0. The molecule has 0 spiro atoms.